The summed E-state index contributed by atoms with van der Waals surface area (Å²) in [6.45, 7) is 1.43. The summed E-state index contributed by atoms with van der Waals surface area (Å²) in [6, 6.07) is 15.4. The molecule has 0 radical (unpaired) electrons. The van der Waals surface area contributed by atoms with Crippen LogP contribution in [0.1, 0.15) is 36.6 Å². The van der Waals surface area contributed by atoms with Gasteiger partial charge >= 0.3 is 0 Å². The maximum Gasteiger partial charge on any atom is 0.258 e. The van der Waals surface area contributed by atoms with E-state index in [1.54, 1.807) is 14.2 Å². The number of rotatable bonds is 7. The van der Waals surface area contributed by atoms with Crippen LogP contribution < -0.4 is 9.47 Å². The highest BCUT2D eigenvalue weighted by Gasteiger charge is 2.27. The third kappa shape index (κ3) is 5.05. The third-order valence-corrected chi connectivity index (χ3v) is 5.73. The molecule has 31 heavy (non-hydrogen) atoms. The van der Waals surface area contributed by atoms with Crippen molar-refractivity contribution in [2.24, 2.45) is 0 Å². The summed E-state index contributed by atoms with van der Waals surface area (Å²) in [6.07, 6.45) is 2.88. The quantitative estimate of drug-likeness (QED) is 0.572. The minimum atomic E-state index is 0.187. The normalized spacial score (nSPS) is 14.5. The predicted octanol–water partition coefficient (Wildman–Crippen LogP) is 4.09. The van der Waals surface area contributed by atoms with E-state index in [0.29, 0.717) is 37.6 Å². The van der Waals surface area contributed by atoms with Gasteiger partial charge in [-0.15, -0.1) is 0 Å². The Hall–Kier alpha value is -3.35. The Morgan fingerprint density at radius 3 is 2.52 bits per heavy atom. The monoisotopic (exact) mass is 421 g/mol. The standard InChI is InChI=1S/C24H27N3O4/c1-29-20-7-3-5-17(15-20)9-10-22(28)27-13-11-18(12-14-27)23-25-24(31-26-23)19-6-4-8-21(16-19)30-2/h3-8,15-16,18H,9-14H2,1-2H3. The summed E-state index contributed by atoms with van der Waals surface area (Å²) in [5, 5.41) is 4.19. The SMILES string of the molecule is COc1cccc(CCC(=O)N2CCC(c3noc(-c4cccc(OC)c4)n3)CC2)c1. The van der Waals surface area contributed by atoms with Crippen LogP contribution in [0.2, 0.25) is 0 Å². The molecule has 0 atom stereocenters. The molecule has 0 saturated carbocycles. The van der Waals surface area contributed by atoms with Gasteiger partial charge in [0.05, 0.1) is 14.2 Å². The average molecular weight is 421 g/mol. The Morgan fingerprint density at radius 1 is 1.06 bits per heavy atom. The fourth-order valence-corrected chi connectivity index (χ4v) is 3.90. The third-order valence-electron chi connectivity index (χ3n) is 5.73. The van der Waals surface area contributed by atoms with Crippen LogP contribution in [0.5, 0.6) is 11.5 Å². The molecule has 3 aromatic rings. The number of aryl methyl sites for hydroxylation is 1. The maximum absolute atomic E-state index is 12.7. The largest absolute Gasteiger partial charge is 0.497 e. The van der Waals surface area contributed by atoms with Crippen molar-refractivity contribution >= 4 is 5.91 Å². The molecule has 0 spiro atoms. The average Bonchev–Trinajstić information content (AvgIpc) is 3.33. The first-order chi connectivity index (χ1) is 15.2. The number of benzene rings is 2. The van der Waals surface area contributed by atoms with Crippen LogP contribution in [-0.4, -0.2) is 48.3 Å². The second-order valence-corrected chi connectivity index (χ2v) is 7.70. The molecule has 1 fully saturated rings. The van der Waals surface area contributed by atoms with Crippen molar-refractivity contribution < 1.29 is 18.8 Å². The Labute approximate surface area is 182 Å². The Bertz CT molecular complexity index is 1020. The molecule has 2 heterocycles. The van der Waals surface area contributed by atoms with E-state index in [-0.39, 0.29) is 11.8 Å². The predicted molar refractivity (Wildman–Crippen MR) is 116 cm³/mol. The molecular formula is C24H27N3O4. The first-order valence-corrected chi connectivity index (χ1v) is 10.5. The highest BCUT2D eigenvalue weighted by Crippen LogP contribution is 2.29. The summed E-state index contributed by atoms with van der Waals surface area (Å²) in [7, 11) is 3.28. The smallest absolute Gasteiger partial charge is 0.258 e. The van der Waals surface area contributed by atoms with E-state index in [1.807, 2.05) is 53.4 Å². The summed E-state index contributed by atoms with van der Waals surface area (Å²) in [5.74, 6) is 3.15. The number of amides is 1. The van der Waals surface area contributed by atoms with Crippen LogP contribution in [0.15, 0.2) is 53.1 Å². The first kappa shape index (κ1) is 20.9. The molecule has 1 aliphatic heterocycles. The van der Waals surface area contributed by atoms with Crippen LogP contribution in [-0.2, 0) is 11.2 Å². The van der Waals surface area contributed by atoms with Crippen LogP contribution in [0.3, 0.4) is 0 Å². The molecule has 0 bridgehead atoms. The van der Waals surface area contributed by atoms with Gasteiger partial charge in [-0.1, -0.05) is 23.4 Å². The molecule has 7 heteroatoms. The molecule has 7 nitrogen and oxygen atoms in total. The summed E-state index contributed by atoms with van der Waals surface area (Å²) >= 11 is 0. The molecule has 0 unspecified atom stereocenters. The van der Waals surface area contributed by atoms with Gasteiger partial charge in [-0.2, -0.15) is 4.98 Å². The van der Waals surface area contributed by atoms with Crippen LogP contribution in [0.25, 0.3) is 11.5 Å². The molecule has 4 rings (SSSR count). The molecule has 1 aliphatic rings. The number of hydrogen-bond acceptors (Lipinski definition) is 6. The van der Waals surface area contributed by atoms with Crippen molar-refractivity contribution in [3.05, 3.63) is 59.9 Å². The summed E-state index contributed by atoms with van der Waals surface area (Å²) in [4.78, 5) is 19.2. The zero-order valence-corrected chi connectivity index (χ0v) is 17.9. The topological polar surface area (TPSA) is 77.7 Å². The van der Waals surface area contributed by atoms with Crippen molar-refractivity contribution in [2.45, 2.75) is 31.6 Å². The Balaban J connectivity index is 1.30. The van der Waals surface area contributed by atoms with Gasteiger partial charge in [0.25, 0.3) is 5.89 Å². The molecule has 2 aromatic carbocycles. The van der Waals surface area contributed by atoms with Crippen LogP contribution >= 0.6 is 0 Å². The van der Waals surface area contributed by atoms with E-state index in [1.165, 1.54) is 0 Å². The molecule has 1 saturated heterocycles. The van der Waals surface area contributed by atoms with Gasteiger partial charge in [-0.3, -0.25) is 4.79 Å². The van der Waals surface area contributed by atoms with Crippen LogP contribution in [0.4, 0.5) is 0 Å². The molecular weight excluding hydrogens is 394 g/mol. The highest BCUT2D eigenvalue weighted by molar-refractivity contribution is 5.76. The number of hydrogen-bond donors (Lipinski definition) is 0. The zero-order chi connectivity index (χ0) is 21.6. The lowest BCUT2D eigenvalue weighted by molar-refractivity contribution is -0.132. The fraction of sp³-hybridized carbons (Fsp3) is 0.375. The minimum Gasteiger partial charge on any atom is -0.497 e. The number of methoxy groups -OCH3 is 2. The number of piperidine rings is 1. The van der Waals surface area contributed by atoms with Crippen molar-refractivity contribution in [3.8, 4) is 23.0 Å². The number of likely N-dealkylation sites (tertiary alicyclic amines) is 1. The molecule has 1 aromatic heterocycles. The van der Waals surface area contributed by atoms with E-state index in [0.717, 1.165) is 35.5 Å². The van der Waals surface area contributed by atoms with E-state index >= 15 is 0 Å². The number of carbonyl (C=O) groups is 1. The first-order valence-electron chi connectivity index (χ1n) is 10.5. The van der Waals surface area contributed by atoms with E-state index < -0.39 is 0 Å². The van der Waals surface area contributed by atoms with Crippen molar-refractivity contribution in [3.63, 3.8) is 0 Å². The van der Waals surface area contributed by atoms with Gasteiger partial charge in [0, 0.05) is 31.0 Å². The number of carbonyl (C=O) groups excluding carboxylic acids is 1. The van der Waals surface area contributed by atoms with E-state index in [4.69, 9.17) is 14.0 Å². The highest BCUT2D eigenvalue weighted by atomic mass is 16.5. The second kappa shape index (κ2) is 9.64. The second-order valence-electron chi connectivity index (χ2n) is 7.70. The lowest BCUT2D eigenvalue weighted by Gasteiger charge is -2.30. The van der Waals surface area contributed by atoms with E-state index in [9.17, 15) is 4.79 Å². The van der Waals surface area contributed by atoms with Gasteiger partial charge in [-0.25, -0.2) is 0 Å². The molecule has 1 amide bonds. The Morgan fingerprint density at radius 2 is 1.77 bits per heavy atom. The summed E-state index contributed by atoms with van der Waals surface area (Å²) < 4.78 is 16.0. The number of aromatic nitrogens is 2. The lowest BCUT2D eigenvalue weighted by Crippen LogP contribution is -2.38. The van der Waals surface area contributed by atoms with Gasteiger partial charge in [-0.05, 0) is 55.2 Å². The van der Waals surface area contributed by atoms with Crippen molar-refractivity contribution in [2.75, 3.05) is 27.3 Å². The maximum atomic E-state index is 12.7. The van der Waals surface area contributed by atoms with Crippen molar-refractivity contribution in [1.82, 2.24) is 15.0 Å². The lowest BCUT2D eigenvalue weighted by atomic mass is 9.95. The van der Waals surface area contributed by atoms with Crippen molar-refractivity contribution in [1.29, 1.82) is 0 Å². The zero-order valence-electron chi connectivity index (χ0n) is 17.9. The summed E-state index contributed by atoms with van der Waals surface area (Å²) in [5.41, 5.74) is 1.95. The Kier molecular flexibility index (Phi) is 6.50. The van der Waals surface area contributed by atoms with Crippen LogP contribution in [0, 0.1) is 0 Å². The minimum absolute atomic E-state index is 0.187. The van der Waals surface area contributed by atoms with Gasteiger partial charge < -0.3 is 18.9 Å². The fourth-order valence-electron chi connectivity index (χ4n) is 3.90. The van der Waals surface area contributed by atoms with Gasteiger partial charge in [0.15, 0.2) is 5.82 Å². The number of ether oxygens (including phenoxy) is 2. The van der Waals surface area contributed by atoms with Gasteiger partial charge in [0.1, 0.15) is 11.5 Å². The van der Waals surface area contributed by atoms with E-state index in [2.05, 4.69) is 10.1 Å². The molecule has 162 valence electrons. The molecule has 0 N–H and O–H groups in total. The molecule has 0 aliphatic carbocycles. The van der Waals surface area contributed by atoms with Gasteiger partial charge in [0.2, 0.25) is 5.91 Å². The number of nitrogens with zero attached hydrogens (tertiary/aromatic N) is 3.